The maximum absolute atomic E-state index is 11.0. The van der Waals surface area contributed by atoms with Crippen LogP contribution < -0.4 is 20.1 Å². The molecule has 2 heterocycles. The van der Waals surface area contributed by atoms with Gasteiger partial charge in [-0.15, -0.1) is 0 Å². The summed E-state index contributed by atoms with van der Waals surface area (Å²) in [5.74, 6) is -0.787. The van der Waals surface area contributed by atoms with Crippen LogP contribution in [-0.2, 0) is 33.9 Å². The molecule has 0 saturated carbocycles. The molecule has 14 heteroatoms. The lowest BCUT2D eigenvalue weighted by Crippen LogP contribution is -2.30. The summed E-state index contributed by atoms with van der Waals surface area (Å²) in [6, 6.07) is 19.8. The number of nitrogens with zero attached hydrogens (tertiary/aromatic N) is 3. The molecule has 0 radical (unpaired) electrons. The molecule has 2 aromatic carbocycles. The second-order valence-corrected chi connectivity index (χ2v) is 14.4. The molecule has 0 fully saturated rings. The Hall–Kier alpha value is -6.37. The van der Waals surface area contributed by atoms with E-state index in [1.54, 1.807) is 18.3 Å². The normalized spacial score (nSPS) is 14.8. The number of carboxylic acid groups (broad SMARTS) is 2. The van der Waals surface area contributed by atoms with E-state index < -0.39 is 24.1 Å². The lowest BCUT2D eigenvalue weighted by Gasteiger charge is -2.18. The minimum Gasteiger partial charge on any atom is -0.497 e. The first-order chi connectivity index (χ1) is 28.9. The number of carbonyl (C=O) groups is 2. The van der Waals surface area contributed by atoms with Gasteiger partial charge in [0.25, 0.3) is 0 Å². The summed E-state index contributed by atoms with van der Waals surface area (Å²) in [6.07, 6.45) is 7.30. The molecule has 2 aromatic heterocycles. The summed E-state index contributed by atoms with van der Waals surface area (Å²) in [6.45, 7) is 9.41. The SMILES string of the molecule is C=C/C(=C\C=C(/C)OCCNC[C@@H](O)CC(=O)O)c1cccc(-c2cccc3c2CC[C@@H]3Oc2ccc(CNC[C@@H](O)CC(=O)O)c(OCc3cncc(C#N)c3)n2)c1C. The van der Waals surface area contributed by atoms with Crippen LogP contribution in [-0.4, -0.2) is 80.8 Å². The predicted molar refractivity (Wildman–Crippen MR) is 225 cm³/mol. The first-order valence-corrected chi connectivity index (χ1v) is 19.7. The van der Waals surface area contributed by atoms with Gasteiger partial charge in [-0.2, -0.15) is 10.2 Å². The van der Waals surface area contributed by atoms with Crippen molar-refractivity contribution < 1.29 is 44.2 Å². The summed E-state index contributed by atoms with van der Waals surface area (Å²) >= 11 is 0. The molecule has 14 nitrogen and oxygen atoms in total. The van der Waals surface area contributed by atoms with Crippen molar-refractivity contribution in [2.75, 3.05) is 26.2 Å². The molecule has 314 valence electrons. The van der Waals surface area contributed by atoms with E-state index in [0.717, 1.165) is 46.2 Å². The van der Waals surface area contributed by atoms with Gasteiger partial charge in [-0.3, -0.25) is 14.6 Å². The van der Waals surface area contributed by atoms with Crippen molar-refractivity contribution in [1.82, 2.24) is 20.6 Å². The van der Waals surface area contributed by atoms with Gasteiger partial charge in [-0.1, -0.05) is 55.1 Å². The Morgan fingerprint density at radius 1 is 1.00 bits per heavy atom. The fraction of sp³-hybridized carbons (Fsp3) is 0.326. The molecule has 0 amide bonds. The zero-order valence-corrected chi connectivity index (χ0v) is 33.8. The Bertz CT molecular complexity index is 2250. The van der Waals surface area contributed by atoms with E-state index in [1.165, 1.54) is 11.8 Å². The number of hydrogen-bond donors (Lipinski definition) is 6. The standard InChI is InChI=1S/C46H51N5O9/c1-4-33(12-11-29(2)58-18-17-48-26-35(52)20-44(54)55)37-7-5-8-38(30(37)3)39-9-6-10-41-40(39)14-15-42(41)60-43-16-13-34(25-50-27-36(53)21-45(56)57)46(51-43)59-28-32-19-31(22-47)23-49-24-32/h4-13,16,19,23-24,35-36,42,48,50,52-53H,1,14-15,17-18,20-21,25-28H2,2-3H3,(H,54,55)(H,56,57)/b29-11+,33-12+/t35-,36-,42-/m0/s1. The number of ether oxygens (including phenoxy) is 3. The first-order valence-electron chi connectivity index (χ1n) is 19.7. The maximum atomic E-state index is 11.0. The highest BCUT2D eigenvalue weighted by Gasteiger charge is 2.28. The van der Waals surface area contributed by atoms with Gasteiger partial charge >= 0.3 is 11.9 Å². The van der Waals surface area contributed by atoms with E-state index in [0.29, 0.717) is 47.4 Å². The molecule has 3 atom stereocenters. The molecule has 1 aliphatic rings. The molecule has 1 aliphatic carbocycles. The number of allylic oxidation sites excluding steroid dienone is 5. The van der Waals surface area contributed by atoms with E-state index >= 15 is 0 Å². The van der Waals surface area contributed by atoms with Crippen LogP contribution in [0.3, 0.4) is 0 Å². The summed E-state index contributed by atoms with van der Waals surface area (Å²) in [4.78, 5) is 30.6. The van der Waals surface area contributed by atoms with Crippen molar-refractivity contribution in [2.45, 2.75) is 71.0 Å². The van der Waals surface area contributed by atoms with Gasteiger partial charge < -0.3 is 45.3 Å². The molecule has 4 aromatic rings. The molecule has 5 rings (SSSR count). The van der Waals surface area contributed by atoms with Crippen molar-refractivity contribution in [3.05, 3.63) is 137 Å². The number of nitriles is 1. The molecule has 0 aliphatic heterocycles. The quantitative estimate of drug-likeness (QED) is 0.0296. The van der Waals surface area contributed by atoms with Gasteiger partial charge in [0, 0.05) is 55.8 Å². The Morgan fingerprint density at radius 2 is 1.73 bits per heavy atom. The van der Waals surface area contributed by atoms with Crippen LogP contribution in [0.15, 0.2) is 97.6 Å². The van der Waals surface area contributed by atoms with Gasteiger partial charge in [0.1, 0.15) is 25.4 Å². The van der Waals surface area contributed by atoms with Crippen LogP contribution in [0.4, 0.5) is 0 Å². The van der Waals surface area contributed by atoms with E-state index in [9.17, 15) is 25.1 Å². The number of pyridine rings is 2. The fourth-order valence-corrected chi connectivity index (χ4v) is 6.93. The van der Waals surface area contributed by atoms with E-state index in [1.807, 2.05) is 43.4 Å². The van der Waals surface area contributed by atoms with Crippen molar-refractivity contribution in [1.29, 1.82) is 5.26 Å². The number of rotatable bonds is 23. The molecule has 0 bridgehead atoms. The number of aliphatic hydroxyl groups is 2. The first kappa shape index (κ1) is 44.7. The Balaban J connectivity index is 1.30. The molecule has 6 N–H and O–H groups in total. The van der Waals surface area contributed by atoms with Crippen molar-refractivity contribution >= 4 is 17.5 Å². The van der Waals surface area contributed by atoms with Gasteiger partial charge in [0.05, 0.1) is 36.4 Å². The number of carboxylic acids is 2. The van der Waals surface area contributed by atoms with Crippen LogP contribution in [0.5, 0.6) is 11.8 Å². The topological polar surface area (TPSA) is 216 Å². The lowest BCUT2D eigenvalue weighted by molar-refractivity contribution is -0.140. The fourth-order valence-electron chi connectivity index (χ4n) is 6.93. The third-order valence-electron chi connectivity index (χ3n) is 9.85. The van der Waals surface area contributed by atoms with Crippen molar-refractivity contribution in [2.24, 2.45) is 0 Å². The van der Waals surface area contributed by atoms with Gasteiger partial charge in [-0.05, 0) is 83.9 Å². The highest BCUT2D eigenvalue weighted by Crippen LogP contribution is 2.42. The molecule has 60 heavy (non-hydrogen) atoms. The molecule has 0 unspecified atom stereocenters. The number of aromatic nitrogens is 2. The average molecular weight is 818 g/mol. The van der Waals surface area contributed by atoms with Crippen molar-refractivity contribution in [3.63, 3.8) is 0 Å². The van der Waals surface area contributed by atoms with Crippen LogP contribution in [0.1, 0.15) is 71.2 Å². The van der Waals surface area contributed by atoms with Gasteiger partial charge in [0.2, 0.25) is 11.8 Å². The van der Waals surface area contributed by atoms with Crippen molar-refractivity contribution in [3.8, 4) is 29.0 Å². The molecule has 0 spiro atoms. The number of fused-ring (bicyclic) bond motifs is 1. The van der Waals surface area contributed by atoms with E-state index in [4.69, 9.17) is 29.4 Å². The Kier molecular flexibility index (Phi) is 16.5. The Morgan fingerprint density at radius 3 is 2.47 bits per heavy atom. The Labute approximate surface area is 349 Å². The molecular weight excluding hydrogens is 767 g/mol. The zero-order chi connectivity index (χ0) is 43.0. The number of benzene rings is 2. The van der Waals surface area contributed by atoms with E-state index in [2.05, 4.69) is 59.5 Å². The van der Waals surface area contributed by atoms with Crippen LogP contribution in [0.25, 0.3) is 16.7 Å². The number of aliphatic carboxylic acids is 2. The third kappa shape index (κ3) is 12.8. The van der Waals surface area contributed by atoms with Crippen LogP contribution >= 0.6 is 0 Å². The second kappa shape index (κ2) is 22.1. The molecule has 0 saturated heterocycles. The second-order valence-electron chi connectivity index (χ2n) is 14.4. The van der Waals surface area contributed by atoms with Gasteiger partial charge in [0.15, 0.2) is 0 Å². The monoisotopic (exact) mass is 817 g/mol. The van der Waals surface area contributed by atoms with Crippen LogP contribution in [0.2, 0.25) is 0 Å². The highest BCUT2D eigenvalue weighted by molar-refractivity contribution is 5.83. The number of hydrogen-bond acceptors (Lipinski definition) is 12. The largest absolute Gasteiger partial charge is 0.497 e. The summed E-state index contributed by atoms with van der Waals surface area (Å²) in [5.41, 5.74) is 9.29. The summed E-state index contributed by atoms with van der Waals surface area (Å²) < 4.78 is 18.5. The average Bonchev–Trinajstić information content (AvgIpc) is 3.63. The third-order valence-corrected chi connectivity index (χ3v) is 9.85. The maximum Gasteiger partial charge on any atom is 0.306 e. The predicted octanol–water partition coefficient (Wildman–Crippen LogP) is 5.81. The smallest absolute Gasteiger partial charge is 0.306 e. The minimum absolute atomic E-state index is 0.0606. The molecular formula is C46H51N5O9. The van der Waals surface area contributed by atoms with Crippen LogP contribution in [0, 0.1) is 18.3 Å². The number of aliphatic hydroxyl groups excluding tert-OH is 2. The summed E-state index contributed by atoms with van der Waals surface area (Å²) in [5, 5.41) is 52.9. The van der Waals surface area contributed by atoms with E-state index in [-0.39, 0.29) is 45.2 Å². The highest BCUT2D eigenvalue weighted by atomic mass is 16.5. The zero-order valence-electron chi connectivity index (χ0n) is 33.8. The lowest BCUT2D eigenvalue weighted by atomic mass is 9.89. The van der Waals surface area contributed by atoms with Gasteiger partial charge in [-0.25, -0.2) is 0 Å². The summed E-state index contributed by atoms with van der Waals surface area (Å²) in [7, 11) is 0. The number of nitrogens with one attached hydrogen (secondary N) is 2. The minimum atomic E-state index is -1.09.